The fourth-order valence-corrected chi connectivity index (χ4v) is 2.77. The van der Waals surface area contributed by atoms with E-state index in [0.29, 0.717) is 6.04 Å². The largest absolute Gasteiger partial charge is 0.469 e. The van der Waals surface area contributed by atoms with Crippen LogP contribution in [0.4, 0.5) is 0 Å². The predicted molar refractivity (Wildman–Crippen MR) is 74.7 cm³/mol. The van der Waals surface area contributed by atoms with Crippen molar-refractivity contribution in [3.05, 3.63) is 24.2 Å². The summed E-state index contributed by atoms with van der Waals surface area (Å²) in [6.07, 6.45) is 5.37. The van der Waals surface area contributed by atoms with Crippen LogP contribution in [0.15, 0.2) is 22.8 Å². The smallest absolute Gasteiger partial charge is 0.103 e. The molecule has 1 fully saturated rings. The quantitative estimate of drug-likeness (QED) is 0.806. The number of nitrogens with one attached hydrogen (secondary N) is 1. The maximum Gasteiger partial charge on any atom is 0.103 e. The number of furan rings is 1. The normalized spacial score (nSPS) is 22.4. The van der Waals surface area contributed by atoms with Crippen LogP contribution in [0.5, 0.6) is 0 Å². The number of hydrogen-bond donors (Lipinski definition) is 1. The van der Waals surface area contributed by atoms with Gasteiger partial charge in [-0.25, -0.2) is 0 Å². The molecule has 1 aromatic heterocycles. The molecule has 3 nitrogen and oxygen atoms in total. The van der Waals surface area contributed by atoms with Crippen LogP contribution in [0.2, 0.25) is 0 Å². The Labute approximate surface area is 111 Å². The van der Waals surface area contributed by atoms with Gasteiger partial charge in [0.25, 0.3) is 0 Å². The lowest BCUT2D eigenvalue weighted by Crippen LogP contribution is -2.33. The minimum atomic E-state index is 0.668. The summed E-state index contributed by atoms with van der Waals surface area (Å²) in [6, 6.07) is 4.72. The zero-order valence-electron chi connectivity index (χ0n) is 11.7. The molecule has 102 valence electrons. The average Bonchev–Trinajstić information content (AvgIpc) is 3.04. The van der Waals surface area contributed by atoms with Gasteiger partial charge >= 0.3 is 0 Å². The molecule has 1 aliphatic rings. The number of likely N-dealkylation sites (tertiary alicyclic amines) is 1. The second kappa shape index (κ2) is 6.95. The van der Waals surface area contributed by atoms with E-state index in [2.05, 4.69) is 30.1 Å². The van der Waals surface area contributed by atoms with Crippen molar-refractivity contribution in [2.45, 2.75) is 39.2 Å². The van der Waals surface area contributed by atoms with Crippen LogP contribution in [-0.2, 0) is 6.42 Å². The van der Waals surface area contributed by atoms with E-state index in [0.717, 1.165) is 24.6 Å². The lowest BCUT2D eigenvalue weighted by Gasteiger charge is -2.24. The molecular weight excluding hydrogens is 224 g/mol. The van der Waals surface area contributed by atoms with Crippen molar-refractivity contribution in [2.75, 3.05) is 26.2 Å². The highest BCUT2D eigenvalue weighted by Gasteiger charge is 2.25. The summed E-state index contributed by atoms with van der Waals surface area (Å²) in [7, 11) is 0. The molecule has 0 amide bonds. The van der Waals surface area contributed by atoms with Gasteiger partial charge in [0.05, 0.1) is 6.26 Å². The first kappa shape index (κ1) is 13.6. The third kappa shape index (κ3) is 3.85. The molecule has 3 heteroatoms. The maximum absolute atomic E-state index is 5.39. The van der Waals surface area contributed by atoms with Crippen LogP contribution < -0.4 is 5.32 Å². The van der Waals surface area contributed by atoms with E-state index in [1.165, 1.54) is 32.5 Å². The molecule has 2 heterocycles. The van der Waals surface area contributed by atoms with Gasteiger partial charge in [-0.3, -0.25) is 0 Å². The van der Waals surface area contributed by atoms with Crippen LogP contribution in [0.3, 0.4) is 0 Å². The van der Waals surface area contributed by atoms with Gasteiger partial charge in [0.15, 0.2) is 0 Å². The van der Waals surface area contributed by atoms with Crippen molar-refractivity contribution in [1.29, 1.82) is 0 Å². The minimum absolute atomic E-state index is 0.668. The Bertz CT molecular complexity index is 323. The first-order valence-corrected chi connectivity index (χ1v) is 7.26. The number of nitrogens with zero attached hydrogens (tertiary/aromatic N) is 1. The van der Waals surface area contributed by atoms with Crippen LogP contribution in [0.1, 0.15) is 32.4 Å². The Balaban J connectivity index is 1.68. The first-order chi connectivity index (χ1) is 8.79. The molecule has 1 saturated heterocycles. The highest BCUT2D eigenvalue weighted by atomic mass is 16.3. The lowest BCUT2D eigenvalue weighted by atomic mass is 10.1. The van der Waals surface area contributed by atoms with Crippen molar-refractivity contribution in [3.8, 4) is 0 Å². The summed E-state index contributed by atoms with van der Waals surface area (Å²) in [4.78, 5) is 2.63. The number of aryl methyl sites for hydroxylation is 1. The van der Waals surface area contributed by atoms with Gasteiger partial charge in [0.2, 0.25) is 0 Å². The Hall–Kier alpha value is -0.800. The fourth-order valence-electron chi connectivity index (χ4n) is 2.77. The van der Waals surface area contributed by atoms with Crippen molar-refractivity contribution >= 4 is 0 Å². The SMILES string of the molecule is CCNCC1CCN(C(C)CCc2ccco2)C1. The van der Waals surface area contributed by atoms with Gasteiger partial charge < -0.3 is 14.6 Å². The Morgan fingerprint density at radius 3 is 3.17 bits per heavy atom. The summed E-state index contributed by atoms with van der Waals surface area (Å²) >= 11 is 0. The summed E-state index contributed by atoms with van der Waals surface area (Å²) in [5, 5.41) is 3.46. The fraction of sp³-hybridized carbons (Fsp3) is 0.733. The average molecular weight is 250 g/mol. The molecular formula is C15H26N2O. The van der Waals surface area contributed by atoms with Crippen molar-refractivity contribution < 1.29 is 4.42 Å². The van der Waals surface area contributed by atoms with Gasteiger partial charge in [-0.05, 0) is 57.5 Å². The van der Waals surface area contributed by atoms with E-state index in [9.17, 15) is 0 Å². The van der Waals surface area contributed by atoms with Gasteiger partial charge in [0.1, 0.15) is 5.76 Å². The van der Waals surface area contributed by atoms with E-state index < -0.39 is 0 Å². The van der Waals surface area contributed by atoms with Crippen LogP contribution in [0.25, 0.3) is 0 Å². The molecule has 2 rings (SSSR count). The monoisotopic (exact) mass is 250 g/mol. The molecule has 0 saturated carbocycles. The second-order valence-corrected chi connectivity index (χ2v) is 5.42. The van der Waals surface area contributed by atoms with E-state index >= 15 is 0 Å². The van der Waals surface area contributed by atoms with E-state index in [-0.39, 0.29) is 0 Å². The third-order valence-corrected chi connectivity index (χ3v) is 4.01. The van der Waals surface area contributed by atoms with Gasteiger partial charge in [0, 0.05) is 19.0 Å². The first-order valence-electron chi connectivity index (χ1n) is 7.26. The molecule has 1 aliphatic heterocycles. The molecule has 0 aliphatic carbocycles. The molecule has 0 bridgehead atoms. The van der Waals surface area contributed by atoms with Crippen molar-refractivity contribution in [2.24, 2.45) is 5.92 Å². The van der Waals surface area contributed by atoms with E-state index in [1.807, 2.05) is 6.07 Å². The molecule has 0 spiro atoms. The summed E-state index contributed by atoms with van der Waals surface area (Å²) in [5.41, 5.74) is 0. The molecule has 2 atom stereocenters. The molecule has 18 heavy (non-hydrogen) atoms. The Kier molecular flexibility index (Phi) is 5.26. The summed E-state index contributed by atoms with van der Waals surface area (Å²) in [5.74, 6) is 1.96. The highest BCUT2D eigenvalue weighted by Crippen LogP contribution is 2.20. The summed E-state index contributed by atoms with van der Waals surface area (Å²) < 4.78 is 5.39. The molecule has 1 N–H and O–H groups in total. The molecule has 0 aromatic carbocycles. The van der Waals surface area contributed by atoms with E-state index in [4.69, 9.17) is 4.42 Å². The van der Waals surface area contributed by atoms with Gasteiger partial charge in [-0.15, -0.1) is 0 Å². The zero-order valence-corrected chi connectivity index (χ0v) is 11.7. The summed E-state index contributed by atoms with van der Waals surface area (Å²) in [6.45, 7) is 9.31. The minimum Gasteiger partial charge on any atom is -0.469 e. The maximum atomic E-state index is 5.39. The molecule has 0 radical (unpaired) electrons. The highest BCUT2D eigenvalue weighted by molar-refractivity contribution is 4.98. The molecule has 1 aromatic rings. The molecule has 2 unspecified atom stereocenters. The van der Waals surface area contributed by atoms with Crippen molar-refractivity contribution in [3.63, 3.8) is 0 Å². The second-order valence-electron chi connectivity index (χ2n) is 5.42. The number of rotatable bonds is 7. The standard InChI is InChI=1S/C15H26N2O/c1-3-16-11-14-8-9-17(12-14)13(2)6-7-15-5-4-10-18-15/h4-5,10,13-14,16H,3,6-9,11-12H2,1-2H3. The topological polar surface area (TPSA) is 28.4 Å². The Morgan fingerprint density at radius 1 is 1.56 bits per heavy atom. The zero-order chi connectivity index (χ0) is 12.8. The van der Waals surface area contributed by atoms with E-state index in [1.54, 1.807) is 6.26 Å². The number of hydrogen-bond acceptors (Lipinski definition) is 3. The van der Waals surface area contributed by atoms with Crippen LogP contribution in [0, 0.1) is 5.92 Å². The van der Waals surface area contributed by atoms with Gasteiger partial charge in [-0.1, -0.05) is 6.92 Å². The van der Waals surface area contributed by atoms with Gasteiger partial charge in [-0.2, -0.15) is 0 Å². The predicted octanol–water partition coefficient (Wildman–Crippen LogP) is 2.53. The third-order valence-electron chi connectivity index (χ3n) is 4.01. The Morgan fingerprint density at radius 2 is 2.44 bits per heavy atom. The van der Waals surface area contributed by atoms with Crippen LogP contribution >= 0.6 is 0 Å². The lowest BCUT2D eigenvalue weighted by molar-refractivity contribution is 0.234. The van der Waals surface area contributed by atoms with Crippen LogP contribution in [-0.4, -0.2) is 37.1 Å². The van der Waals surface area contributed by atoms with Crippen molar-refractivity contribution in [1.82, 2.24) is 10.2 Å².